The Morgan fingerprint density at radius 1 is 1.00 bits per heavy atom. The molecular weight excluding hydrogens is 220 g/mol. The van der Waals surface area contributed by atoms with E-state index in [1.807, 2.05) is 0 Å². The first kappa shape index (κ1) is 14.2. The molecule has 0 unspecified atom stereocenters. The maximum absolute atomic E-state index is 10.3. The Labute approximate surface area is 92.0 Å². The molecular formula is C8H16N2O4S. The molecule has 0 radical (unpaired) electrons. The molecule has 0 bridgehead atoms. The summed E-state index contributed by atoms with van der Waals surface area (Å²) in [7, 11) is 0. The summed E-state index contributed by atoms with van der Waals surface area (Å²) in [5.41, 5.74) is 6.81. The number of rotatable bonds is 8. The van der Waals surface area contributed by atoms with Crippen LogP contribution in [0.4, 0.5) is 0 Å². The smallest absolute Gasteiger partial charge is 0.125 e. The van der Waals surface area contributed by atoms with Crippen LogP contribution in [0.2, 0.25) is 0 Å². The molecule has 6 N–H and O–H groups in total. The Bertz CT molecular complexity index is 203. The van der Waals surface area contributed by atoms with Gasteiger partial charge in [-0.25, -0.2) is 0 Å². The zero-order valence-electron chi connectivity index (χ0n) is 8.44. The summed E-state index contributed by atoms with van der Waals surface area (Å²) in [5.74, 6) is -1.05. The van der Waals surface area contributed by atoms with Crippen molar-refractivity contribution in [2.45, 2.75) is 24.9 Å². The van der Waals surface area contributed by atoms with E-state index in [1.165, 1.54) is 11.8 Å². The van der Waals surface area contributed by atoms with Crippen LogP contribution in [0.15, 0.2) is 0 Å². The second kappa shape index (κ2) is 7.49. The lowest BCUT2D eigenvalue weighted by molar-refractivity contribution is -0.437. The maximum Gasteiger partial charge on any atom is 0.125 e. The zero-order valence-corrected chi connectivity index (χ0v) is 9.26. The van der Waals surface area contributed by atoms with Crippen molar-refractivity contribution in [1.82, 2.24) is 0 Å². The molecule has 6 nitrogen and oxygen atoms in total. The summed E-state index contributed by atoms with van der Waals surface area (Å²) in [5, 5.41) is 20.6. The van der Waals surface area contributed by atoms with Gasteiger partial charge in [0.05, 0.1) is 11.9 Å². The average molecular weight is 236 g/mol. The Hall–Kier alpha value is -0.790. The molecule has 0 aliphatic rings. The molecule has 0 aliphatic heterocycles. The third-order valence-electron chi connectivity index (χ3n) is 1.89. The lowest BCUT2D eigenvalue weighted by Crippen LogP contribution is -2.68. The van der Waals surface area contributed by atoms with E-state index in [9.17, 15) is 19.8 Å². The Balaban J connectivity index is 3.40. The summed E-state index contributed by atoms with van der Waals surface area (Å²) in [6.07, 6.45) is 0.861. The van der Waals surface area contributed by atoms with Gasteiger partial charge in [-0.3, -0.25) is 0 Å². The fourth-order valence-electron chi connectivity index (χ4n) is 0.789. The second-order valence-corrected chi connectivity index (χ2v) is 4.45. The minimum absolute atomic E-state index is 0.431. The molecule has 7 heteroatoms. The summed E-state index contributed by atoms with van der Waals surface area (Å²) < 4.78 is 0. The number of quaternary nitrogens is 2. The largest absolute Gasteiger partial charge is 0.544 e. The molecule has 15 heavy (non-hydrogen) atoms. The van der Waals surface area contributed by atoms with Gasteiger partial charge in [-0.15, -0.1) is 0 Å². The van der Waals surface area contributed by atoms with Crippen molar-refractivity contribution in [1.29, 1.82) is 0 Å². The second-order valence-electron chi connectivity index (χ2n) is 3.22. The van der Waals surface area contributed by atoms with Crippen LogP contribution < -0.4 is 21.7 Å². The fraction of sp³-hybridized carbons (Fsp3) is 0.750. The van der Waals surface area contributed by atoms with E-state index in [1.54, 1.807) is 0 Å². The van der Waals surface area contributed by atoms with Gasteiger partial charge in [0.2, 0.25) is 0 Å². The van der Waals surface area contributed by atoms with Crippen LogP contribution in [-0.4, -0.2) is 35.5 Å². The van der Waals surface area contributed by atoms with E-state index in [0.717, 1.165) is 0 Å². The molecule has 0 rings (SSSR count). The zero-order chi connectivity index (χ0) is 11.8. The topological polar surface area (TPSA) is 136 Å². The van der Waals surface area contributed by atoms with E-state index in [-0.39, 0.29) is 0 Å². The minimum Gasteiger partial charge on any atom is -0.544 e. The van der Waals surface area contributed by atoms with Gasteiger partial charge in [0.1, 0.15) is 12.1 Å². The van der Waals surface area contributed by atoms with Crippen LogP contribution in [0.1, 0.15) is 12.8 Å². The van der Waals surface area contributed by atoms with Crippen molar-refractivity contribution in [2.75, 3.05) is 11.5 Å². The van der Waals surface area contributed by atoms with Crippen molar-refractivity contribution in [3.05, 3.63) is 0 Å². The van der Waals surface area contributed by atoms with Crippen LogP contribution in [0.5, 0.6) is 0 Å². The number of hydrogen-bond donors (Lipinski definition) is 2. The van der Waals surface area contributed by atoms with Gasteiger partial charge in [-0.05, 0) is 11.5 Å². The Morgan fingerprint density at radius 3 is 1.60 bits per heavy atom. The Morgan fingerprint density at radius 2 is 1.33 bits per heavy atom. The number of carboxylic acids is 2. The molecule has 0 aliphatic carbocycles. The van der Waals surface area contributed by atoms with Crippen LogP contribution in [0.25, 0.3) is 0 Å². The molecule has 0 aromatic carbocycles. The predicted molar refractivity (Wildman–Crippen MR) is 49.9 cm³/mol. The number of carbonyl (C=O) groups excluding carboxylic acids is 2. The number of hydrogen-bond acceptors (Lipinski definition) is 5. The van der Waals surface area contributed by atoms with E-state index in [0.29, 0.717) is 24.3 Å². The minimum atomic E-state index is -1.15. The molecule has 2 atom stereocenters. The first-order valence-corrected chi connectivity index (χ1v) is 5.76. The van der Waals surface area contributed by atoms with Crippen molar-refractivity contribution in [3.63, 3.8) is 0 Å². The molecule has 0 spiro atoms. The normalized spacial score (nSPS) is 14.5. The molecule has 0 aromatic rings. The van der Waals surface area contributed by atoms with Crippen molar-refractivity contribution in [3.8, 4) is 0 Å². The monoisotopic (exact) mass is 236 g/mol. The summed E-state index contributed by atoms with van der Waals surface area (Å²) >= 11 is 1.48. The number of aliphatic carboxylic acids is 2. The first-order chi connectivity index (χ1) is 6.95. The molecule has 0 aromatic heterocycles. The first-order valence-electron chi connectivity index (χ1n) is 4.60. The maximum atomic E-state index is 10.3. The van der Waals surface area contributed by atoms with E-state index in [4.69, 9.17) is 0 Å². The van der Waals surface area contributed by atoms with Crippen LogP contribution in [0, 0.1) is 0 Å². The van der Waals surface area contributed by atoms with Gasteiger partial charge in [0, 0.05) is 12.8 Å². The molecule has 0 saturated heterocycles. The van der Waals surface area contributed by atoms with Crippen LogP contribution in [-0.2, 0) is 9.59 Å². The highest BCUT2D eigenvalue weighted by Crippen LogP contribution is 2.05. The highest BCUT2D eigenvalue weighted by molar-refractivity contribution is 7.99. The van der Waals surface area contributed by atoms with Gasteiger partial charge in [-0.1, -0.05) is 0 Å². The average Bonchev–Trinajstić information content (AvgIpc) is 2.16. The van der Waals surface area contributed by atoms with Gasteiger partial charge in [0.15, 0.2) is 0 Å². The number of carboxylic acid groups (broad SMARTS) is 2. The summed E-state index contributed by atoms with van der Waals surface area (Å²) in [4.78, 5) is 20.6. The van der Waals surface area contributed by atoms with Crippen molar-refractivity contribution >= 4 is 23.7 Å². The van der Waals surface area contributed by atoms with Gasteiger partial charge in [0.25, 0.3) is 0 Å². The number of carbonyl (C=O) groups is 2. The third kappa shape index (κ3) is 7.18. The van der Waals surface area contributed by atoms with Crippen molar-refractivity contribution < 1.29 is 31.3 Å². The fourth-order valence-corrected chi connectivity index (χ4v) is 1.90. The van der Waals surface area contributed by atoms with Gasteiger partial charge < -0.3 is 31.3 Å². The van der Waals surface area contributed by atoms with Gasteiger partial charge in [-0.2, -0.15) is 11.8 Å². The Kier molecular flexibility index (Phi) is 7.10. The summed E-state index contributed by atoms with van der Waals surface area (Å²) in [6, 6.07) is -1.40. The highest BCUT2D eigenvalue weighted by Gasteiger charge is 2.08. The molecule has 0 fully saturated rings. The predicted octanol–water partition coefficient (Wildman–Crippen LogP) is -4.78. The lowest BCUT2D eigenvalue weighted by atomic mass is 10.2. The lowest BCUT2D eigenvalue weighted by Gasteiger charge is -2.10. The quantitative estimate of drug-likeness (QED) is 0.408. The standard InChI is InChI=1S/C8H16N2O4S/c9-5(7(11)12)1-3-15-4-2-6(10)8(13)14/h5-6H,1-4,9-10H2,(H,11,12)(H,13,14)/t5-,6-/m0/s1. The third-order valence-corrected chi connectivity index (χ3v) is 2.94. The van der Waals surface area contributed by atoms with Crippen LogP contribution in [0.3, 0.4) is 0 Å². The number of thioether (sulfide) groups is 1. The molecule has 0 amide bonds. The highest BCUT2D eigenvalue weighted by atomic mass is 32.2. The molecule has 0 heterocycles. The molecule has 88 valence electrons. The van der Waals surface area contributed by atoms with E-state index in [2.05, 4.69) is 11.5 Å². The molecule has 0 saturated carbocycles. The van der Waals surface area contributed by atoms with Crippen molar-refractivity contribution in [2.24, 2.45) is 0 Å². The van der Waals surface area contributed by atoms with Gasteiger partial charge >= 0.3 is 0 Å². The van der Waals surface area contributed by atoms with E-state index < -0.39 is 24.0 Å². The van der Waals surface area contributed by atoms with Crippen LogP contribution >= 0.6 is 11.8 Å². The van der Waals surface area contributed by atoms with E-state index >= 15 is 0 Å². The summed E-state index contributed by atoms with van der Waals surface area (Å²) in [6.45, 7) is 0. The SMILES string of the molecule is [NH3+][C@@H](CCSCC[C@H]([NH3+])C(=O)[O-])C(=O)[O-].